The lowest BCUT2D eigenvalue weighted by Crippen LogP contribution is -2.30. The highest BCUT2D eigenvalue weighted by atomic mass is 16.4. The Balaban J connectivity index is 1.99. The number of rotatable bonds is 5. The van der Waals surface area contributed by atoms with Gasteiger partial charge in [0, 0.05) is 30.9 Å². The standard InChI is InChI=1S/C13H13N3O4/c17-11(13(19)20)3-4-16-12(18)8-1-2-9-10(7-8)15-6-5-14-9/h1-2,5-7,11,17H,3-4H2,(H,16,18)(H,19,20)/t11-/m0/s1. The van der Waals surface area contributed by atoms with Gasteiger partial charge in [0.15, 0.2) is 6.10 Å². The molecule has 0 unspecified atom stereocenters. The van der Waals surface area contributed by atoms with E-state index in [0.29, 0.717) is 16.6 Å². The molecule has 1 aromatic carbocycles. The van der Waals surface area contributed by atoms with E-state index in [-0.39, 0.29) is 18.9 Å². The molecule has 0 bridgehead atoms. The van der Waals surface area contributed by atoms with E-state index in [9.17, 15) is 9.59 Å². The van der Waals surface area contributed by atoms with Crippen LogP contribution in [0.4, 0.5) is 0 Å². The molecule has 0 saturated heterocycles. The molecule has 2 rings (SSSR count). The van der Waals surface area contributed by atoms with E-state index < -0.39 is 12.1 Å². The Morgan fingerprint density at radius 1 is 1.20 bits per heavy atom. The summed E-state index contributed by atoms with van der Waals surface area (Å²) in [6.45, 7) is 0.0742. The molecule has 3 N–H and O–H groups in total. The zero-order valence-corrected chi connectivity index (χ0v) is 10.5. The molecule has 7 heteroatoms. The van der Waals surface area contributed by atoms with Gasteiger partial charge in [-0.3, -0.25) is 14.8 Å². The maximum Gasteiger partial charge on any atom is 0.332 e. The van der Waals surface area contributed by atoms with Crippen molar-refractivity contribution in [3.8, 4) is 0 Å². The van der Waals surface area contributed by atoms with Crippen molar-refractivity contribution in [1.82, 2.24) is 15.3 Å². The normalized spacial score (nSPS) is 12.1. The van der Waals surface area contributed by atoms with Gasteiger partial charge in [-0.05, 0) is 18.2 Å². The highest BCUT2D eigenvalue weighted by Crippen LogP contribution is 2.10. The minimum Gasteiger partial charge on any atom is -0.479 e. The molecule has 104 valence electrons. The first-order valence-electron chi connectivity index (χ1n) is 5.98. The third-order valence-corrected chi connectivity index (χ3v) is 2.72. The molecule has 1 amide bonds. The molecule has 1 heterocycles. The first-order valence-corrected chi connectivity index (χ1v) is 5.98. The monoisotopic (exact) mass is 275 g/mol. The Bertz CT molecular complexity index is 644. The molecule has 0 aliphatic heterocycles. The van der Waals surface area contributed by atoms with Gasteiger partial charge in [-0.2, -0.15) is 0 Å². The van der Waals surface area contributed by atoms with Crippen molar-refractivity contribution >= 4 is 22.9 Å². The van der Waals surface area contributed by atoms with Crippen LogP contribution < -0.4 is 5.32 Å². The topological polar surface area (TPSA) is 112 Å². The molecule has 0 aliphatic rings. The van der Waals surface area contributed by atoms with E-state index in [2.05, 4.69) is 15.3 Å². The Kier molecular flexibility index (Phi) is 4.21. The van der Waals surface area contributed by atoms with Crippen LogP contribution in [0.1, 0.15) is 16.8 Å². The van der Waals surface area contributed by atoms with Gasteiger partial charge in [-0.15, -0.1) is 0 Å². The van der Waals surface area contributed by atoms with Crippen molar-refractivity contribution in [1.29, 1.82) is 0 Å². The number of benzene rings is 1. The van der Waals surface area contributed by atoms with Crippen LogP contribution in [0.3, 0.4) is 0 Å². The summed E-state index contributed by atoms with van der Waals surface area (Å²) in [6.07, 6.45) is 1.58. The molecule has 0 spiro atoms. The van der Waals surface area contributed by atoms with Gasteiger partial charge in [-0.1, -0.05) is 0 Å². The third-order valence-electron chi connectivity index (χ3n) is 2.72. The number of amides is 1. The number of nitrogens with zero attached hydrogens (tertiary/aromatic N) is 2. The summed E-state index contributed by atoms with van der Waals surface area (Å²) < 4.78 is 0. The largest absolute Gasteiger partial charge is 0.479 e. The van der Waals surface area contributed by atoms with Crippen LogP contribution in [0.25, 0.3) is 11.0 Å². The number of carboxylic acids is 1. The second-order valence-corrected chi connectivity index (χ2v) is 4.16. The Hall–Kier alpha value is -2.54. The fourth-order valence-electron chi connectivity index (χ4n) is 1.65. The Morgan fingerprint density at radius 3 is 2.60 bits per heavy atom. The van der Waals surface area contributed by atoms with Gasteiger partial charge in [0.2, 0.25) is 0 Å². The SMILES string of the molecule is O=C(NCC[C@H](O)C(=O)O)c1ccc2nccnc2c1. The number of fused-ring (bicyclic) bond motifs is 1. The molecule has 7 nitrogen and oxygen atoms in total. The molecule has 2 aromatic rings. The minimum atomic E-state index is -1.47. The minimum absolute atomic E-state index is 0.0472. The number of aliphatic hydroxyl groups is 1. The molecule has 0 fully saturated rings. The van der Waals surface area contributed by atoms with Gasteiger partial charge in [0.25, 0.3) is 5.91 Å². The molecule has 1 aromatic heterocycles. The van der Waals surface area contributed by atoms with Gasteiger partial charge in [0.1, 0.15) is 0 Å². The molecule has 1 atom stereocenters. The van der Waals surface area contributed by atoms with Gasteiger partial charge in [0.05, 0.1) is 11.0 Å². The van der Waals surface area contributed by atoms with Crippen molar-refractivity contribution in [3.63, 3.8) is 0 Å². The van der Waals surface area contributed by atoms with Crippen molar-refractivity contribution in [2.75, 3.05) is 6.54 Å². The van der Waals surface area contributed by atoms with E-state index in [1.165, 1.54) is 6.20 Å². The van der Waals surface area contributed by atoms with E-state index in [4.69, 9.17) is 10.2 Å². The summed E-state index contributed by atoms with van der Waals surface area (Å²) in [5.74, 6) is -1.66. The van der Waals surface area contributed by atoms with Gasteiger partial charge in [-0.25, -0.2) is 4.79 Å². The summed E-state index contributed by atoms with van der Waals surface area (Å²) in [4.78, 5) is 30.5. The number of carbonyl (C=O) groups is 2. The quantitative estimate of drug-likeness (QED) is 0.718. The second-order valence-electron chi connectivity index (χ2n) is 4.16. The molecule has 0 aliphatic carbocycles. The number of carbonyl (C=O) groups excluding carboxylic acids is 1. The third kappa shape index (κ3) is 3.27. The number of aromatic nitrogens is 2. The summed E-state index contributed by atoms with van der Waals surface area (Å²) >= 11 is 0. The van der Waals surface area contributed by atoms with Gasteiger partial charge >= 0.3 is 5.97 Å². The average molecular weight is 275 g/mol. The average Bonchev–Trinajstić information content (AvgIpc) is 2.46. The highest BCUT2D eigenvalue weighted by molar-refractivity contribution is 5.97. The lowest BCUT2D eigenvalue weighted by molar-refractivity contribution is -0.146. The summed E-state index contributed by atoms with van der Waals surface area (Å²) in [6, 6.07) is 4.90. The first-order chi connectivity index (χ1) is 9.58. The molecule has 0 radical (unpaired) electrons. The van der Waals surface area contributed by atoms with Gasteiger partial charge < -0.3 is 15.5 Å². The summed E-state index contributed by atoms with van der Waals surface area (Å²) in [5, 5.41) is 20.1. The number of carboxylic acid groups (broad SMARTS) is 1. The Labute approximate surface area is 114 Å². The smallest absolute Gasteiger partial charge is 0.332 e. The summed E-state index contributed by atoms with van der Waals surface area (Å²) in [7, 11) is 0. The summed E-state index contributed by atoms with van der Waals surface area (Å²) in [5.41, 5.74) is 1.69. The molecule has 0 saturated carbocycles. The molecular formula is C13H13N3O4. The van der Waals surface area contributed by atoms with Crippen LogP contribution in [-0.4, -0.2) is 44.7 Å². The molecule has 20 heavy (non-hydrogen) atoms. The lowest BCUT2D eigenvalue weighted by Gasteiger charge is -2.07. The molecular weight excluding hydrogens is 262 g/mol. The number of nitrogens with one attached hydrogen (secondary N) is 1. The number of aliphatic hydroxyl groups excluding tert-OH is 1. The Morgan fingerprint density at radius 2 is 1.90 bits per heavy atom. The van der Waals surface area contributed by atoms with E-state index in [1.807, 2.05) is 0 Å². The predicted molar refractivity (Wildman–Crippen MR) is 70.1 cm³/mol. The maximum atomic E-state index is 11.9. The zero-order chi connectivity index (χ0) is 14.5. The van der Waals surface area contributed by atoms with Crippen LogP contribution in [0.2, 0.25) is 0 Å². The highest BCUT2D eigenvalue weighted by Gasteiger charge is 2.13. The fraction of sp³-hybridized carbons (Fsp3) is 0.231. The van der Waals surface area contributed by atoms with Crippen LogP contribution in [0.15, 0.2) is 30.6 Å². The van der Waals surface area contributed by atoms with Crippen molar-refractivity contribution in [2.45, 2.75) is 12.5 Å². The number of aliphatic carboxylic acids is 1. The first kappa shape index (κ1) is 13.9. The van der Waals surface area contributed by atoms with E-state index in [0.717, 1.165) is 0 Å². The predicted octanol–water partition coefficient (Wildman–Crippen LogP) is 0.195. The van der Waals surface area contributed by atoms with E-state index in [1.54, 1.807) is 24.4 Å². The van der Waals surface area contributed by atoms with Crippen molar-refractivity contribution < 1.29 is 19.8 Å². The van der Waals surface area contributed by atoms with Crippen molar-refractivity contribution in [2.24, 2.45) is 0 Å². The second kappa shape index (κ2) is 6.07. The van der Waals surface area contributed by atoms with Crippen LogP contribution >= 0.6 is 0 Å². The van der Waals surface area contributed by atoms with Crippen LogP contribution in [0.5, 0.6) is 0 Å². The lowest BCUT2D eigenvalue weighted by atomic mass is 10.1. The maximum absolute atomic E-state index is 11.9. The zero-order valence-electron chi connectivity index (χ0n) is 10.5. The fourth-order valence-corrected chi connectivity index (χ4v) is 1.65. The van der Waals surface area contributed by atoms with Crippen LogP contribution in [0, 0.1) is 0 Å². The van der Waals surface area contributed by atoms with E-state index >= 15 is 0 Å². The van der Waals surface area contributed by atoms with Crippen molar-refractivity contribution in [3.05, 3.63) is 36.2 Å². The van der Waals surface area contributed by atoms with Crippen LogP contribution in [-0.2, 0) is 4.79 Å². The number of hydrogen-bond donors (Lipinski definition) is 3. The number of hydrogen-bond acceptors (Lipinski definition) is 5.